The van der Waals surface area contributed by atoms with Crippen molar-refractivity contribution in [1.82, 2.24) is 10.2 Å². The van der Waals surface area contributed by atoms with Gasteiger partial charge in [-0.05, 0) is 43.6 Å². The van der Waals surface area contributed by atoms with Crippen LogP contribution >= 0.6 is 0 Å². The van der Waals surface area contributed by atoms with Crippen molar-refractivity contribution in [2.75, 3.05) is 33.0 Å². The van der Waals surface area contributed by atoms with Crippen LogP contribution < -0.4 is 14.8 Å². The fraction of sp³-hybridized carbons (Fsp3) is 0.389. The van der Waals surface area contributed by atoms with E-state index in [9.17, 15) is 4.79 Å². The summed E-state index contributed by atoms with van der Waals surface area (Å²) >= 11 is 0. The van der Waals surface area contributed by atoms with Gasteiger partial charge in [-0.15, -0.1) is 0 Å². The summed E-state index contributed by atoms with van der Waals surface area (Å²) in [4.78, 5) is 14.1. The second-order valence-electron chi connectivity index (χ2n) is 5.67. The first-order valence-corrected chi connectivity index (χ1v) is 8.06. The fourth-order valence-electron chi connectivity index (χ4n) is 2.73. The number of benzene rings is 1. The summed E-state index contributed by atoms with van der Waals surface area (Å²) in [5.41, 5.74) is 1.01. The second-order valence-corrected chi connectivity index (χ2v) is 5.67. The summed E-state index contributed by atoms with van der Waals surface area (Å²) in [5.74, 6) is 1.48. The molecule has 1 N–H and O–H groups in total. The van der Waals surface area contributed by atoms with Gasteiger partial charge in [-0.2, -0.15) is 0 Å². The van der Waals surface area contributed by atoms with Gasteiger partial charge in [-0.1, -0.05) is 24.3 Å². The number of hydrogen-bond donors (Lipinski definition) is 1. The molecule has 1 aromatic carbocycles. The number of amides is 1. The first kappa shape index (κ1) is 15.6. The predicted molar refractivity (Wildman–Crippen MR) is 89.4 cm³/mol. The van der Waals surface area contributed by atoms with E-state index in [2.05, 4.69) is 10.2 Å². The van der Waals surface area contributed by atoms with Gasteiger partial charge in [0, 0.05) is 19.2 Å². The van der Waals surface area contributed by atoms with E-state index < -0.39 is 0 Å². The predicted octanol–water partition coefficient (Wildman–Crippen LogP) is 2.20. The summed E-state index contributed by atoms with van der Waals surface area (Å²) in [6.45, 7) is 4.23. The summed E-state index contributed by atoms with van der Waals surface area (Å²) in [7, 11) is 0. The standard InChI is InChI=1S/C18H22N2O3/c21-18(19-9-12-20-10-3-4-11-20)6-2-1-5-15-7-8-16-17(13-15)23-14-22-16/h1-2,5-8,13H,3-4,9-12,14H2,(H,19,21). The third-order valence-corrected chi connectivity index (χ3v) is 3.97. The van der Waals surface area contributed by atoms with Crippen molar-refractivity contribution in [2.45, 2.75) is 12.8 Å². The van der Waals surface area contributed by atoms with E-state index in [1.54, 1.807) is 12.2 Å². The fourth-order valence-corrected chi connectivity index (χ4v) is 2.73. The van der Waals surface area contributed by atoms with Crippen LogP contribution in [0.3, 0.4) is 0 Å². The van der Waals surface area contributed by atoms with Crippen LogP contribution in [0.5, 0.6) is 11.5 Å². The van der Waals surface area contributed by atoms with Gasteiger partial charge < -0.3 is 19.7 Å². The van der Waals surface area contributed by atoms with Gasteiger partial charge in [0.05, 0.1) is 0 Å². The summed E-state index contributed by atoms with van der Waals surface area (Å²) in [6, 6.07) is 5.76. The van der Waals surface area contributed by atoms with Crippen LogP contribution in [0.4, 0.5) is 0 Å². The smallest absolute Gasteiger partial charge is 0.244 e. The minimum atomic E-state index is -0.0560. The van der Waals surface area contributed by atoms with Gasteiger partial charge >= 0.3 is 0 Å². The molecular formula is C18H22N2O3. The molecule has 0 atom stereocenters. The topological polar surface area (TPSA) is 50.8 Å². The van der Waals surface area contributed by atoms with Crippen molar-refractivity contribution in [3.63, 3.8) is 0 Å². The number of fused-ring (bicyclic) bond motifs is 1. The lowest BCUT2D eigenvalue weighted by atomic mass is 10.2. The number of carbonyl (C=O) groups excluding carboxylic acids is 1. The van der Waals surface area contributed by atoms with E-state index in [0.717, 1.165) is 36.7 Å². The van der Waals surface area contributed by atoms with Crippen molar-refractivity contribution in [3.05, 3.63) is 42.0 Å². The molecule has 0 aromatic heterocycles. The van der Waals surface area contributed by atoms with Gasteiger partial charge in [-0.3, -0.25) is 4.79 Å². The third kappa shape index (κ3) is 4.60. The molecule has 1 aromatic rings. The largest absolute Gasteiger partial charge is 0.454 e. The quantitative estimate of drug-likeness (QED) is 0.646. The molecule has 3 rings (SSSR count). The van der Waals surface area contributed by atoms with Crippen LogP contribution in [0.15, 0.2) is 36.4 Å². The van der Waals surface area contributed by atoms with Crippen LogP contribution in [0.2, 0.25) is 0 Å². The Morgan fingerprint density at radius 1 is 1.17 bits per heavy atom. The lowest BCUT2D eigenvalue weighted by Gasteiger charge is -2.13. The average molecular weight is 314 g/mol. The molecule has 5 heteroatoms. The van der Waals surface area contributed by atoms with Crippen LogP contribution in [0, 0.1) is 0 Å². The molecule has 23 heavy (non-hydrogen) atoms. The van der Waals surface area contributed by atoms with Crippen LogP contribution in [0.1, 0.15) is 18.4 Å². The number of hydrogen-bond acceptors (Lipinski definition) is 4. The Bertz CT molecular complexity index is 604. The summed E-state index contributed by atoms with van der Waals surface area (Å²) < 4.78 is 10.6. The molecule has 122 valence electrons. The molecule has 0 bridgehead atoms. The summed E-state index contributed by atoms with van der Waals surface area (Å²) in [5, 5.41) is 2.90. The Hall–Kier alpha value is -2.27. The molecule has 1 fully saturated rings. The third-order valence-electron chi connectivity index (χ3n) is 3.97. The summed E-state index contributed by atoms with van der Waals surface area (Å²) in [6.07, 6.45) is 9.62. The van der Waals surface area contributed by atoms with Crippen molar-refractivity contribution in [2.24, 2.45) is 0 Å². The number of carbonyl (C=O) groups is 1. The van der Waals surface area contributed by atoms with E-state index in [1.807, 2.05) is 30.4 Å². The maximum atomic E-state index is 11.7. The Balaban J connectivity index is 1.40. The van der Waals surface area contributed by atoms with Crippen LogP contribution in [-0.2, 0) is 4.79 Å². The van der Waals surface area contributed by atoms with Crippen LogP contribution in [0.25, 0.3) is 6.08 Å². The van der Waals surface area contributed by atoms with Crippen LogP contribution in [-0.4, -0.2) is 43.8 Å². The van der Waals surface area contributed by atoms with Gasteiger partial charge in [-0.25, -0.2) is 0 Å². The first-order valence-electron chi connectivity index (χ1n) is 8.06. The lowest BCUT2D eigenvalue weighted by Crippen LogP contribution is -2.32. The number of likely N-dealkylation sites (tertiary alicyclic amines) is 1. The molecule has 0 unspecified atom stereocenters. The normalized spacial score (nSPS) is 17.4. The minimum absolute atomic E-state index is 0.0560. The van der Waals surface area contributed by atoms with E-state index in [4.69, 9.17) is 9.47 Å². The van der Waals surface area contributed by atoms with Crippen molar-refractivity contribution in [3.8, 4) is 11.5 Å². The monoisotopic (exact) mass is 314 g/mol. The Morgan fingerprint density at radius 2 is 2.00 bits per heavy atom. The number of rotatable bonds is 6. The molecule has 5 nitrogen and oxygen atoms in total. The molecule has 1 amide bonds. The molecule has 0 spiro atoms. The Labute approximate surface area is 136 Å². The minimum Gasteiger partial charge on any atom is -0.454 e. The second kappa shape index (κ2) is 7.83. The number of ether oxygens (including phenoxy) is 2. The van der Waals surface area contributed by atoms with Crippen molar-refractivity contribution in [1.29, 1.82) is 0 Å². The van der Waals surface area contributed by atoms with Gasteiger partial charge in [0.1, 0.15) is 0 Å². The van der Waals surface area contributed by atoms with E-state index >= 15 is 0 Å². The van der Waals surface area contributed by atoms with E-state index in [1.165, 1.54) is 12.8 Å². The zero-order valence-corrected chi connectivity index (χ0v) is 13.2. The lowest BCUT2D eigenvalue weighted by molar-refractivity contribution is -0.116. The SMILES string of the molecule is O=C(C=CC=Cc1ccc2c(c1)OCO2)NCCN1CCCC1. The highest BCUT2D eigenvalue weighted by molar-refractivity contribution is 5.87. The van der Waals surface area contributed by atoms with E-state index in [-0.39, 0.29) is 12.7 Å². The van der Waals surface area contributed by atoms with E-state index in [0.29, 0.717) is 6.54 Å². The molecule has 1 saturated heterocycles. The average Bonchev–Trinajstić information content (AvgIpc) is 3.22. The van der Waals surface area contributed by atoms with Gasteiger partial charge in [0.25, 0.3) is 0 Å². The molecule has 2 aliphatic heterocycles. The number of nitrogens with zero attached hydrogens (tertiary/aromatic N) is 1. The molecule has 2 heterocycles. The molecule has 0 aliphatic carbocycles. The maximum Gasteiger partial charge on any atom is 0.244 e. The highest BCUT2D eigenvalue weighted by atomic mass is 16.7. The Kier molecular flexibility index (Phi) is 5.32. The first-order chi connectivity index (χ1) is 11.3. The maximum absolute atomic E-state index is 11.7. The van der Waals surface area contributed by atoms with Crippen molar-refractivity contribution < 1.29 is 14.3 Å². The highest BCUT2D eigenvalue weighted by Crippen LogP contribution is 2.32. The zero-order chi connectivity index (χ0) is 15.9. The molecule has 0 saturated carbocycles. The Morgan fingerprint density at radius 3 is 2.87 bits per heavy atom. The molecule has 2 aliphatic rings. The number of nitrogens with one attached hydrogen (secondary N) is 1. The number of allylic oxidation sites excluding steroid dienone is 2. The van der Waals surface area contributed by atoms with Gasteiger partial charge in [0.15, 0.2) is 11.5 Å². The van der Waals surface area contributed by atoms with Crippen molar-refractivity contribution >= 4 is 12.0 Å². The van der Waals surface area contributed by atoms with Gasteiger partial charge in [0.2, 0.25) is 12.7 Å². The molecule has 0 radical (unpaired) electrons. The zero-order valence-electron chi connectivity index (χ0n) is 13.2. The molecular weight excluding hydrogens is 292 g/mol. The highest BCUT2D eigenvalue weighted by Gasteiger charge is 2.12.